The zero-order valence-corrected chi connectivity index (χ0v) is 6.73. The van der Waals surface area contributed by atoms with Gasteiger partial charge in [0.25, 0.3) is 5.97 Å². The standard InChI is InChI=1S/C4H10O2Si/c1-2-3-4(5)6-7/h2-3H2,1,7H3. The molecule has 0 spiro atoms. The maximum absolute atomic E-state index is 10.2. The monoisotopic (exact) mass is 118 g/mol. The first kappa shape index (κ1) is 6.69. The van der Waals surface area contributed by atoms with Crippen LogP contribution in [0.15, 0.2) is 0 Å². The Morgan fingerprint density at radius 3 is 2.57 bits per heavy atom. The van der Waals surface area contributed by atoms with Crippen molar-refractivity contribution in [2.45, 2.75) is 19.8 Å². The number of hydrogen-bond acceptors (Lipinski definition) is 2. The summed E-state index contributed by atoms with van der Waals surface area (Å²) in [6, 6.07) is 0. The highest BCUT2D eigenvalue weighted by atomic mass is 28.2. The molecular formula is C4H10O2Si. The molecule has 0 fully saturated rings. The largest absolute Gasteiger partial charge is 0.529 e. The highest BCUT2D eigenvalue weighted by Crippen LogP contribution is 1.86. The third-order valence-corrected chi connectivity index (χ3v) is 1.14. The maximum Gasteiger partial charge on any atom is 0.291 e. The Bertz CT molecular complexity index is 62.7. The first-order chi connectivity index (χ1) is 3.31. The second-order valence-corrected chi connectivity index (χ2v) is 1.73. The third-order valence-electron chi connectivity index (χ3n) is 0.682. The fraction of sp³-hybridized carbons (Fsp3) is 0.750. The Balaban J connectivity index is 3.00. The first-order valence-electron chi connectivity index (χ1n) is 2.38. The van der Waals surface area contributed by atoms with Crippen LogP contribution < -0.4 is 0 Å². The normalized spacial score (nSPS) is 8.71. The van der Waals surface area contributed by atoms with Crippen molar-refractivity contribution in [1.82, 2.24) is 0 Å². The van der Waals surface area contributed by atoms with Gasteiger partial charge in [-0.3, -0.25) is 4.79 Å². The van der Waals surface area contributed by atoms with Gasteiger partial charge in [0.1, 0.15) is 0 Å². The summed E-state index contributed by atoms with van der Waals surface area (Å²) in [6.07, 6.45) is 1.46. The van der Waals surface area contributed by atoms with Crippen molar-refractivity contribution in [1.29, 1.82) is 0 Å². The molecule has 0 saturated carbocycles. The van der Waals surface area contributed by atoms with Gasteiger partial charge in [-0.1, -0.05) is 6.92 Å². The number of rotatable bonds is 2. The molecule has 0 N–H and O–H groups in total. The van der Waals surface area contributed by atoms with Crippen molar-refractivity contribution >= 4 is 16.5 Å². The Hall–Kier alpha value is -0.313. The lowest BCUT2D eigenvalue weighted by Gasteiger charge is -1.92. The molecule has 0 bridgehead atoms. The maximum atomic E-state index is 10.2. The Labute approximate surface area is 46.4 Å². The van der Waals surface area contributed by atoms with E-state index in [2.05, 4.69) is 4.43 Å². The highest BCUT2D eigenvalue weighted by Gasteiger charge is 1.91. The van der Waals surface area contributed by atoms with E-state index in [-0.39, 0.29) is 5.97 Å². The van der Waals surface area contributed by atoms with Crippen LogP contribution in [0.25, 0.3) is 0 Å². The summed E-state index contributed by atoms with van der Waals surface area (Å²) in [5, 5.41) is 0. The van der Waals surface area contributed by atoms with Gasteiger partial charge in [0.2, 0.25) is 10.5 Å². The molecule has 0 aromatic heterocycles. The van der Waals surface area contributed by atoms with Gasteiger partial charge >= 0.3 is 0 Å². The van der Waals surface area contributed by atoms with E-state index in [0.29, 0.717) is 16.9 Å². The summed E-state index contributed by atoms with van der Waals surface area (Å²) in [4.78, 5) is 10.2. The molecule has 0 heterocycles. The highest BCUT2D eigenvalue weighted by molar-refractivity contribution is 6.05. The third kappa shape index (κ3) is 3.52. The summed E-state index contributed by atoms with van der Waals surface area (Å²) in [6.45, 7) is 1.96. The van der Waals surface area contributed by atoms with Crippen molar-refractivity contribution in [3.8, 4) is 0 Å². The topological polar surface area (TPSA) is 26.3 Å². The van der Waals surface area contributed by atoms with E-state index in [1.807, 2.05) is 6.92 Å². The van der Waals surface area contributed by atoms with Crippen LogP contribution in [-0.2, 0) is 9.22 Å². The molecule has 0 unspecified atom stereocenters. The summed E-state index contributed by atoms with van der Waals surface area (Å²) in [7, 11) is 0.538. The van der Waals surface area contributed by atoms with Gasteiger partial charge in [-0.15, -0.1) is 0 Å². The summed E-state index contributed by atoms with van der Waals surface area (Å²) < 4.78 is 4.49. The fourth-order valence-corrected chi connectivity index (χ4v) is 0.510. The Morgan fingerprint density at radius 1 is 1.86 bits per heavy atom. The minimum absolute atomic E-state index is 0.0610. The van der Waals surface area contributed by atoms with Gasteiger partial charge in [0, 0.05) is 6.42 Å². The van der Waals surface area contributed by atoms with E-state index in [1.165, 1.54) is 0 Å². The zero-order valence-electron chi connectivity index (χ0n) is 4.73. The SMILES string of the molecule is CCCC(=O)O[SiH3]. The molecule has 0 amide bonds. The van der Waals surface area contributed by atoms with Crippen LogP contribution in [0.1, 0.15) is 19.8 Å². The molecule has 0 radical (unpaired) electrons. The molecular weight excluding hydrogens is 108 g/mol. The van der Waals surface area contributed by atoms with Gasteiger partial charge in [0.15, 0.2) is 0 Å². The zero-order chi connectivity index (χ0) is 5.70. The van der Waals surface area contributed by atoms with Crippen LogP contribution in [0.4, 0.5) is 0 Å². The smallest absolute Gasteiger partial charge is 0.291 e. The second-order valence-electron chi connectivity index (χ2n) is 1.33. The average Bonchev–Trinajstić information content (AvgIpc) is 1.68. The van der Waals surface area contributed by atoms with Crippen LogP contribution >= 0.6 is 0 Å². The van der Waals surface area contributed by atoms with Crippen LogP contribution in [0.3, 0.4) is 0 Å². The van der Waals surface area contributed by atoms with E-state index < -0.39 is 0 Å². The molecule has 42 valence electrons. The molecule has 3 heteroatoms. The minimum Gasteiger partial charge on any atom is -0.529 e. The van der Waals surface area contributed by atoms with Crippen molar-refractivity contribution in [2.24, 2.45) is 0 Å². The fourth-order valence-electron chi connectivity index (χ4n) is 0.306. The van der Waals surface area contributed by atoms with Gasteiger partial charge < -0.3 is 4.43 Å². The van der Waals surface area contributed by atoms with Crippen LogP contribution in [-0.4, -0.2) is 16.5 Å². The minimum atomic E-state index is -0.0610. The Morgan fingerprint density at radius 2 is 2.43 bits per heavy atom. The molecule has 0 aliphatic heterocycles. The lowest BCUT2D eigenvalue weighted by Crippen LogP contribution is -1.98. The van der Waals surface area contributed by atoms with Crippen LogP contribution in [0.5, 0.6) is 0 Å². The van der Waals surface area contributed by atoms with Gasteiger partial charge in [-0.05, 0) is 6.42 Å². The first-order valence-corrected chi connectivity index (χ1v) is 3.19. The van der Waals surface area contributed by atoms with Gasteiger partial charge in [0.05, 0.1) is 0 Å². The summed E-state index contributed by atoms with van der Waals surface area (Å²) in [5.41, 5.74) is 0. The van der Waals surface area contributed by atoms with Gasteiger partial charge in [-0.25, -0.2) is 0 Å². The average molecular weight is 118 g/mol. The summed E-state index contributed by atoms with van der Waals surface area (Å²) >= 11 is 0. The number of carbonyl (C=O) groups excluding carboxylic acids is 1. The number of hydrogen-bond donors (Lipinski definition) is 0. The molecule has 0 saturated heterocycles. The van der Waals surface area contributed by atoms with E-state index in [4.69, 9.17) is 0 Å². The summed E-state index contributed by atoms with van der Waals surface area (Å²) in [5.74, 6) is -0.0610. The van der Waals surface area contributed by atoms with Crippen molar-refractivity contribution in [2.75, 3.05) is 0 Å². The quantitative estimate of drug-likeness (QED) is 0.462. The molecule has 0 aromatic rings. The molecule has 0 aliphatic rings. The van der Waals surface area contributed by atoms with Crippen molar-refractivity contribution in [3.63, 3.8) is 0 Å². The molecule has 0 atom stereocenters. The molecule has 2 nitrogen and oxygen atoms in total. The predicted molar refractivity (Wildman–Crippen MR) is 30.9 cm³/mol. The van der Waals surface area contributed by atoms with E-state index in [1.54, 1.807) is 0 Å². The molecule has 0 aliphatic carbocycles. The van der Waals surface area contributed by atoms with E-state index in [0.717, 1.165) is 6.42 Å². The molecule has 0 aromatic carbocycles. The molecule has 0 rings (SSSR count). The predicted octanol–water partition coefficient (Wildman–Crippen LogP) is -0.390. The lowest BCUT2D eigenvalue weighted by molar-refractivity contribution is -0.134. The number of carbonyl (C=O) groups is 1. The van der Waals surface area contributed by atoms with E-state index in [9.17, 15) is 4.79 Å². The van der Waals surface area contributed by atoms with Crippen LogP contribution in [0, 0.1) is 0 Å². The second kappa shape index (κ2) is 3.86. The van der Waals surface area contributed by atoms with Crippen molar-refractivity contribution < 1.29 is 9.22 Å². The molecule has 7 heavy (non-hydrogen) atoms. The van der Waals surface area contributed by atoms with Crippen molar-refractivity contribution in [3.05, 3.63) is 0 Å². The van der Waals surface area contributed by atoms with E-state index >= 15 is 0 Å². The van der Waals surface area contributed by atoms with Crippen LogP contribution in [0.2, 0.25) is 0 Å². The van der Waals surface area contributed by atoms with Gasteiger partial charge in [-0.2, -0.15) is 0 Å². The Kier molecular flexibility index (Phi) is 3.69. The lowest BCUT2D eigenvalue weighted by atomic mass is 10.4.